The van der Waals surface area contributed by atoms with Gasteiger partial charge in [-0.2, -0.15) is 4.31 Å². The average Bonchev–Trinajstić information content (AvgIpc) is 3.05. The van der Waals surface area contributed by atoms with Crippen LogP contribution < -0.4 is 9.47 Å². The molecule has 2 aromatic carbocycles. The van der Waals surface area contributed by atoms with Crippen LogP contribution in [0.5, 0.6) is 11.5 Å². The van der Waals surface area contributed by atoms with E-state index >= 15 is 0 Å². The first-order valence-electron chi connectivity index (χ1n) is 10.8. The van der Waals surface area contributed by atoms with Crippen molar-refractivity contribution in [3.05, 3.63) is 54.1 Å². The molecule has 32 heavy (non-hydrogen) atoms. The Hall–Kier alpha value is -2.62. The number of likely N-dealkylation sites (N-methyl/N-ethyl adjacent to an activating group) is 1. The van der Waals surface area contributed by atoms with Crippen LogP contribution in [0.15, 0.2) is 53.4 Å². The maximum Gasteiger partial charge on any atom is 0.243 e. The largest absolute Gasteiger partial charge is 0.490 e. The number of fused-ring (bicyclic) bond motifs is 1. The fourth-order valence-corrected chi connectivity index (χ4v) is 4.99. The average molecular weight is 460 g/mol. The third kappa shape index (κ3) is 5.23. The first-order chi connectivity index (χ1) is 15.4. The highest BCUT2D eigenvalue weighted by Gasteiger charge is 2.28. The van der Waals surface area contributed by atoms with Gasteiger partial charge in [0.1, 0.15) is 0 Å². The SMILES string of the molecule is CN(CC(=O)N1CCN(Cc2ccccc2)CC1)S(=O)(=O)c1ccc2c(c1)OCCCO2. The summed E-state index contributed by atoms with van der Waals surface area (Å²) in [7, 11) is -2.40. The number of hydrogen-bond donors (Lipinski definition) is 0. The number of piperazine rings is 1. The maximum absolute atomic E-state index is 13.0. The number of carbonyl (C=O) groups is 1. The summed E-state index contributed by atoms with van der Waals surface area (Å²) in [5.41, 5.74) is 1.24. The number of carbonyl (C=O) groups excluding carboxylic acids is 1. The zero-order valence-electron chi connectivity index (χ0n) is 18.3. The summed E-state index contributed by atoms with van der Waals surface area (Å²) >= 11 is 0. The van der Waals surface area contributed by atoms with Crippen LogP contribution in [-0.2, 0) is 21.4 Å². The van der Waals surface area contributed by atoms with Crippen molar-refractivity contribution < 1.29 is 22.7 Å². The molecule has 0 saturated carbocycles. The Morgan fingerprint density at radius 3 is 2.38 bits per heavy atom. The molecule has 0 bridgehead atoms. The van der Waals surface area contributed by atoms with Crippen LogP contribution in [0.2, 0.25) is 0 Å². The molecule has 2 heterocycles. The van der Waals surface area contributed by atoms with Gasteiger partial charge >= 0.3 is 0 Å². The summed E-state index contributed by atoms with van der Waals surface area (Å²) in [6.07, 6.45) is 0.740. The van der Waals surface area contributed by atoms with Crippen molar-refractivity contribution in [3.63, 3.8) is 0 Å². The molecule has 1 saturated heterocycles. The minimum atomic E-state index is -3.83. The van der Waals surface area contributed by atoms with E-state index < -0.39 is 10.0 Å². The van der Waals surface area contributed by atoms with E-state index in [1.807, 2.05) is 18.2 Å². The van der Waals surface area contributed by atoms with Crippen LogP contribution in [0.1, 0.15) is 12.0 Å². The normalized spacial score (nSPS) is 17.2. The lowest BCUT2D eigenvalue weighted by Crippen LogP contribution is -2.51. The molecular formula is C23H29N3O5S. The third-order valence-electron chi connectivity index (χ3n) is 5.76. The molecule has 0 aliphatic carbocycles. The van der Waals surface area contributed by atoms with Crippen LogP contribution in [0.25, 0.3) is 0 Å². The molecule has 0 N–H and O–H groups in total. The van der Waals surface area contributed by atoms with Crippen LogP contribution in [-0.4, -0.2) is 81.4 Å². The molecule has 2 aliphatic rings. The molecule has 172 valence electrons. The molecule has 1 amide bonds. The fourth-order valence-electron chi connectivity index (χ4n) is 3.86. The lowest BCUT2D eigenvalue weighted by atomic mass is 10.2. The quantitative estimate of drug-likeness (QED) is 0.656. The first-order valence-corrected chi connectivity index (χ1v) is 12.3. The van der Waals surface area contributed by atoms with Crippen LogP contribution in [0.4, 0.5) is 0 Å². The van der Waals surface area contributed by atoms with Gasteiger partial charge in [0.2, 0.25) is 15.9 Å². The number of rotatable bonds is 6. The summed E-state index contributed by atoms with van der Waals surface area (Å²) in [6, 6.07) is 14.8. The third-order valence-corrected chi connectivity index (χ3v) is 7.56. The lowest BCUT2D eigenvalue weighted by molar-refractivity contribution is -0.133. The second kappa shape index (κ2) is 9.89. The van der Waals surface area contributed by atoms with Crippen molar-refractivity contribution in [3.8, 4) is 11.5 Å². The molecule has 9 heteroatoms. The zero-order chi connectivity index (χ0) is 22.6. The van der Waals surface area contributed by atoms with Crippen molar-refractivity contribution in [1.82, 2.24) is 14.1 Å². The summed E-state index contributed by atoms with van der Waals surface area (Å²) in [6.45, 7) is 4.36. The second-order valence-electron chi connectivity index (χ2n) is 8.06. The second-order valence-corrected chi connectivity index (χ2v) is 10.1. The Labute approximate surface area is 189 Å². The van der Waals surface area contributed by atoms with Gasteiger partial charge in [-0.15, -0.1) is 0 Å². The molecule has 0 aromatic heterocycles. The Bertz CT molecular complexity index is 1040. The monoisotopic (exact) mass is 459 g/mol. The van der Waals surface area contributed by atoms with Gasteiger partial charge in [-0.05, 0) is 17.7 Å². The van der Waals surface area contributed by atoms with E-state index in [2.05, 4.69) is 17.0 Å². The minimum Gasteiger partial charge on any atom is -0.490 e. The molecule has 8 nitrogen and oxygen atoms in total. The lowest BCUT2D eigenvalue weighted by Gasteiger charge is -2.35. The molecular weight excluding hydrogens is 430 g/mol. The first kappa shape index (κ1) is 22.6. The Morgan fingerprint density at radius 2 is 1.66 bits per heavy atom. The van der Waals surface area contributed by atoms with E-state index in [0.29, 0.717) is 37.8 Å². The highest BCUT2D eigenvalue weighted by Crippen LogP contribution is 2.32. The van der Waals surface area contributed by atoms with Crippen LogP contribution in [0.3, 0.4) is 0 Å². The summed E-state index contributed by atoms with van der Waals surface area (Å²) in [5, 5.41) is 0. The van der Waals surface area contributed by atoms with Gasteiger partial charge < -0.3 is 14.4 Å². The highest BCUT2D eigenvalue weighted by atomic mass is 32.2. The van der Waals surface area contributed by atoms with E-state index in [1.165, 1.54) is 24.7 Å². The van der Waals surface area contributed by atoms with Crippen molar-refractivity contribution in [2.45, 2.75) is 17.9 Å². The van der Waals surface area contributed by atoms with Crippen molar-refractivity contribution in [2.24, 2.45) is 0 Å². The highest BCUT2D eigenvalue weighted by molar-refractivity contribution is 7.89. The van der Waals surface area contributed by atoms with Crippen molar-refractivity contribution >= 4 is 15.9 Å². The number of nitrogens with zero attached hydrogens (tertiary/aromatic N) is 3. The minimum absolute atomic E-state index is 0.0877. The van der Waals surface area contributed by atoms with E-state index in [9.17, 15) is 13.2 Å². The Kier molecular flexibility index (Phi) is 6.98. The van der Waals surface area contributed by atoms with Gasteiger partial charge in [-0.3, -0.25) is 9.69 Å². The van der Waals surface area contributed by atoms with E-state index in [4.69, 9.17) is 9.47 Å². The summed E-state index contributed by atoms with van der Waals surface area (Å²) in [5.74, 6) is 0.760. The van der Waals surface area contributed by atoms with Crippen molar-refractivity contribution in [2.75, 3.05) is 53.0 Å². The van der Waals surface area contributed by atoms with E-state index in [-0.39, 0.29) is 17.3 Å². The molecule has 2 aromatic rings. The van der Waals surface area contributed by atoms with Crippen LogP contribution in [0, 0.1) is 0 Å². The molecule has 0 atom stereocenters. The predicted octanol–water partition coefficient (Wildman–Crippen LogP) is 1.81. The molecule has 4 rings (SSSR count). The summed E-state index contributed by atoms with van der Waals surface area (Å²) < 4.78 is 38.3. The number of benzene rings is 2. The Morgan fingerprint density at radius 1 is 0.969 bits per heavy atom. The Balaban J connectivity index is 1.33. The predicted molar refractivity (Wildman–Crippen MR) is 120 cm³/mol. The van der Waals surface area contributed by atoms with Gasteiger partial charge in [0.15, 0.2) is 11.5 Å². The maximum atomic E-state index is 13.0. The molecule has 0 spiro atoms. The molecule has 1 fully saturated rings. The number of hydrogen-bond acceptors (Lipinski definition) is 6. The van der Waals surface area contributed by atoms with Gasteiger partial charge in [-0.25, -0.2) is 8.42 Å². The van der Waals surface area contributed by atoms with Crippen LogP contribution >= 0.6 is 0 Å². The topological polar surface area (TPSA) is 79.4 Å². The fraction of sp³-hybridized carbons (Fsp3) is 0.435. The summed E-state index contributed by atoms with van der Waals surface area (Å²) in [4.78, 5) is 16.9. The van der Waals surface area contributed by atoms with E-state index in [0.717, 1.165) is 30.4 Å². The molecule has 0 radical (unpaired) electrons. The number of amides is 1. The molecule has 0 unspecified atom stereocenters. The van der Waals surface area contributed by atoms with E-state index in [1.54, 1.807) is 11.0 Å². The smallest absolute Gasteiger partial charge is 0.243 e. The van der Waals surface area contributed by atoms with Gasteiger partial charge in [0.25, 0.3) is 0 Å². The zero-order valence-corrected chi connectivity index (χ0v) is 19.1. The molecule has 2 aliphatic heterocycles. The van der Waals surface area contributed by atoms with Gasteiger partial charge in [0, 0.05) is 52.3 Å². The standard InChI is InChI=1S/C23H29N3O5S/c1-24(32(28,29)20-8-9-21-22(16-20)31-15-5-14-30-21)18-23(27)26-12-10-25(11-13-26)17-19-6-3-2-4-7-19/h2-4,6-9,16H,5,10-15,17-18H2,1H3. The van der Waals surface area contributed by atoms with Crippen molar-refractivity contribution in [1.29, 1.82) is 0 Å². The van der Waals surface area contributed by atoms with Gasteiger partial charge in [0.05, 0.1) is 24.7 Å². The number of ether oxygens (including phenoxy) is 2. The number of sulfonamides is 1. The van der Waals surface area contributed by atoms with Gasteiger partial charge in [-0.1, -0.05) is 30.3 Å².